The molecule has 0 aromatic heterocycles. The molecule has 2 saturated carbocycles. The van der Waals surface area contributed by atoms with Gasteiger partial charge >= 0.3 is 0 Å². The van der Waals surface area contributed by atoms with Crippen molar-refractivity contribution >= 4 is 21.5 Å². The SMILES string of the molecule is CC1(C)[C@H]2CC[C@@]1(C)[C@H](NC(=O)c1ccc3c(c1)S(=O)(=O)c1ccccc1C3=O)C2. The fourth-order valence-corrected chi connectivity index (χ4v) is 7.57. The zero-order valence-electron chi connectivity index (χ0n) is 17.4. The van der Waals surface area contributed by atoms with Gasteiger partial charge in [-0.3, -0.25) is 9.59 Å². The van der Waals surface area contributed by atoms with E-state index >= 15 is 0 Å². The average Bonchev–Trinajstić information content (AvgIpc) is 3.05. The van der Waals surface area contributed by atoms with Gasteiger partial charge in [0.05, 0.1) is 9.79 Å². The Morgan fingerprint density at radius 1 is 1.03 bits per heavy atom. The Kier molecular flexibility index (Phi) is 3.92. The van der Waals surface area contributed by atoms with Gasteiger partial charge in [0, 0.05) is 22.7 Å². The van der Waals surface area contributed by atoms with Crippen molar-refractivity contribution in [2.24, 2.45) is 16.7 Å². The lowest BCUT2D eigenvalue weighted by atomic mass is 9.69. The lowest BCUT2D eigenvalue weighted by Crippen LogP contribution is -2.46. The zero-order chi connectivity index (χ0) is 21.5. The van der Waals surface area contributed by atoms with Crippen molar-refractivity contribution in [2.75, 3.05) is 0 Å². The summed E-state index contributed by atoms with van der Waals surface area (Å²) in [4.78, 5) is 25.8. The highest BCUT2D eigenvalue weighted by Crippen LogP contribution is 2.65. The molecule has 30 heavy (non-hydrogen) atoms. The first-order valence-electron chi connectivity index (χ1n) is 10.4. The Morgan fingerprint density at radius 2 is 1.73 bits per heavy atom. The molecule has 2 bridgehead atoms. The summed E-state index contributed by atoms with van der Waals surface area (Å²) in [5.74, 6) is -0.0236. The van der Waals surface area contributed by atoms with Crippen LogP contribution in [0, 0.1) is 16.7 Å². The van der Waals surface area contributed by atoms with Gasteiger partial charge in [0.1, 0.15) is 0 Å². The predicted octanol–water partition coefficient (Wildman–Crippen LogP) is 4.01. The third-order valence-corrected chi connectivity index (χ3v) is 10.2. The fourth-order valence-electron chi connectivity index (χ4n) is 5.89. The van der Waals surface area contributed by atoms with Crippen LogP contribution in [0.2, 0.25) is 0 Å². The lowest BCUT2D eigenvalue weighted by molar-refractivity contribution is 0.0825. The Balaban J connectivity index is 1.49. The number of fused-ring (bicyclic) bond motifs is 4. The van der Waals surface area contributed by atoms with E-state index in [1.807, 2.05) is 0 Å². The van der Waals surface area contributed by atoms with Crippen molar-refractivity contribution in [3.8, 4) is 0 Å². The maximum absolute atomic E-state index is 13.1. The van der Waals surface area contributed by atoms with Gasteiger partial charge in [-0.25, -0.2) is 8.42 Å². The third kappa shape index (κ3) is 2.37. The number of carbonyl (C=O) groups excluding carboxylic acids is 2. The van der Waals surface area contributed by atoms with E-state index in [4.69, 9.17) is 0 Å². The summed E-state index contributed by atoms with van der Waals surface area (Å²) < 4.78 is 26.2. The normalized spacial score (nSPS) is 29.9. The summed E-state index contributed by atoms with van der Waals surface area (Å²) in [5.41, 5.74) is 0.772. The van der Waals surface area contributed by atoms with Gasteiger partial charge in [-0.1, -0.05) is 32.9 Å². The predicted molar refractivity (Wildman–Crippen MR) is 112 cm³/mol. The van der Waals surface area contributed by atoms with E-state index in [9.17, 15) is 18.0 Å². The van der Waals surface area contributed by atoms with E-state index in [0.717, 1.165) is 12.8 Å². The van der Waals surface area contributed by atoms with Crippen LogP contribution in [0.3, 0.4) is 0 Å². The molecule has 0 saturated heterocycles. The van der Waals surface area contributed by atoms with Crippen molar-refractivity contribution in [3.63, 3.8) is 0 Å². The number of benzene rings is 2. The number of amides is 1. The highest BCUT2D eigenvalue weighted by atomic mass is 32.2. The molecular formula is C24H25NO4S. The molecule has 0 spiro atoms. The van der Waals surface area contributed by atoms with Gasteiger partial charge in [0.15, 0.2) is 5.78 Å². The van der Waals surface area contributed by atoms with Crippen molar-refractivity contribution in [1.29, 1.82) is 0 Å². The number of nitrogens with one attached hydrogen (secondary N) is 1. The maximum atomic E-state index is 13.1. The minimum absolute atomic E-state index is 0.00224. The molecule has 1 aliphatic heterocycles. The second-order valence-electron chi connectivity index (χ2n) is 9.68. The largest absolute Gasteiger partial charge is 0.349 e. The number of carbonyl (C=O) groups is 2. The second kappa shape index (κ2) is 6.03. The zero-order valence-corrected chi connectivity index (χ0v) is 18.2. The van der Waals surface area contributed by atoms with Crippen LogP contribution in [0.4, 0.5) is 0 Å². The minimum Gasteiger partial charge on any atom is -0.349 e. The average molecular weight is 424 g/mol. The van der Waals surface area contributed by atoms with Crippen LogP contribution in [0.25, 0.3) is 0 Å². The van der Waals surface area contributed by atoms with Crippen LogP contribution in [0.15, 0.2) is 52.3 Å². The van der Waals surface area contributed by atoms with Crippen molar-refractivity contribution < 1.29 is 18.0 Å². The number of ketones is 1. The summed E-state index contributed by atoms with van der Waals surface area (Å²) in [6.45, 7) is 6.81. The van der Waals surface area contributed by atoms with E-state index in [1.54, 1.807) is 18.2 Å². The number of sulfone groups is 1. The molecule has 0 unspecified atom stereocenters. The molecule has 1 amide bonds. The van der Waals surface area contributed by atoms with E-state index < -0.39 is 9.84 Å². The standard InChI is InChI=1S/C24H25NO4S/c1-23(2)15-10-11-24(23,3)20(13-15)25-22(27)14-8-9-17-19(12-14)30(28,29)18-7-5-4-6-16(18)21(17)26/h4-9,12,15,20H,10-11,13H2,1-3H3,(H,25,27)/t15-,20+,24-/m0/s1. The van der Waals surface area contributed by atoms with Crippen LogP contribution in [-0.4, -0.2) is 26.2 Å². The van der Waals surface area contributed by atoms with E-state index in [2.05, 4.69) is 26.1 Å². The highest BCUT2D eigenvalue weighted by Gasteiger charge is 2.61. The van der Waals surface area contributed by atoms with Gasteiger partial charge in [0.25, 0.3) is 5.91 Å². The monoisotopic (exact) mass is 423 g/mol. The van der Waals surface area contributed by atoms with E-state index in [-0.39, 0.29) is 55.0 Å². The molecule has 156 valence electrons. The fraction of sp³-hybridized carbons (Fsp3) is 0.417. The summed E-state index contributed by atoms with van der Waals surface area (Å²) in [6, 6.07) is 10.7. The van der Waals surface area contributed by atoms with Crippen molar-refractivity contribution in [3.05, 3.63) is 59.2 Å². The lowest BCUT2D eigenvalue weighted by Gasteiger charge is -2.39. The Labute approximate surface area is 176 Å². The number of hydrogen-bond donors (Lipinski definition) is 1. The van der Waals surface area contributed by atoms with Crippen LogP contribution >= 0.6 is 0 Å². The van der Waals surface area contributed by atoms with E-state index in [0.29, 0.717) is 5.92 Å². The topological polar surface area (TPSA) is 80.3 Å². The van der Waals surface area contributed by atoms with Gasteiger partial charge in [-0.05, 0) is 66.3 Å². The molecule has 2 fully saturated rings. The second-order valence-corrected chi connectivity index (χ2v) is 11.6. The summed E-state index contributed by atoms with van der Waals surface area (Å²) >= 11 is 0. The van der Waals surface area contributed by atoms with Crippen molar-refractivity contribution in [1.82, 2.24) is 5.32 Å². The van der Waals surface area contributed by atoms with Gasteiger partial charge in [-0.15, -0.1) is 0 Å². The third-order valence-electron chi connectivity index (χ3n) is 8.30. The number of rotatable bonds is 2. The van der Waals surface area contributed by atoms with Crippen LogP contribution in [0.5, 0.6) is 0 Å². The van der Waals surface area contributed by atoms with Gasteiger partial charge in [-0.2, -0.15) is 0 Å². The summed E-state index contributed by atoms with van der Waals surface area (Å²) in [7, 11) is -3.86. The van der Waals surface area contributed by atoms with Crippen LogP contribution in [-0.2, 0) is 9.84 Å². The highest BCUT2D eigenvalue weighted by molar-refractivity contribution is 7.91. The molecular weight excluding hydrogens is 398 g/mol. The quantitative estimate of drug-likeness (QED) is 0.675. The van der Waals surface area contributed by atoms with Crippen LogP contribution in [0.1, 0.15) is 66.3 Å². The van der Waals surface area contributed by atoms with Crippen molar-refractivity contribution in [2.45, 2.75) is 55.9 Å². The first-order valence-corrected chi connectivity index (χ1v) is 11.9. The molecule has 5 nitrogen and oxygen atoms in total. The molecule has 0 radical (unpaired) electrons. The first-order chi connectivity index (χ1) is 14.1. The molecule has 6 heteroatoms. The molecule has 1 N–H and O–H groups in total. The van der Waals surface area contributed by atoms with Gasteiger partial charge in [0.2, 0.25) is 9.84 Å². The summed E-state index contributed by atoms with van der Waals surface area (Å²) in [6.07, 6.45) is 3.22. The Bertz CT molecular complexity index is 1210. The smallest absolute Gasteiger partial charge is 0.251 e. The number of hydrogen-bond acceptors (Lipinski definition) is 4. The minimum atomic E-state index is -3.86. The molecule has 2 aromatic carbocycles. The molecule has 2 aromatic rings. The Morgan fingerprint density at radius 3 is 2.40 bits per heavy atom. The van der Waals surface area contributed by atoms with Gasteiger partial charge < -0.3 is 5.32 Å². The molecule has 3 atom stereocenters. The first kappa shape index (κ1) is 19.5. The van der Waals surface area contributed by atoms with E-state index in [1.165, 1.54) is 30.7 Å². The molecule has 5 rings (SSSR count). The van der Waals surface area contributed by atoms with Crippen LogP contribution < -0.4 is 5.32 Å². The molecule has 2 aliphatic carbocycles. The molecule has 3 aliphatic rings. The Hall–Kier alpha value is -2.47. The summed E-state index contributed by atoms with van der Waals surface area (Å²) in [5, 5.41) is 3.17. The molecule has 1 heterocycles. The maximum Gasteiger partial charge on any atom is 0.251 e.